The van der Waals surface area contributed by atoms with Crippen LogP contribution in [0.5, 0.6) is 5.75 Å². The first-order valence-electron chi connectivity index (χ1n) is 13.8. The lowest BCUT2D eigenvalue weighted by atomic mass is 9.76. The molecule has 2 aromatic carbocycles. The largest absolute Gasteiger partial charge is 0.425 e. The molecule has 0 aromatic heterocycles. The lowest BCUT2D eigenvalue weighted by Crippen LogP contribution is -2.30. The first-order chi connectivity index (χ1) is 19.3. The van der Waals surface area contributed by atoms with Gasteiger partial charge in [0.25, 0.3) is 0 Å². The van der Waals surface area contributed by atoms with Crippen LogP contribution in [-0.4, -0.2) is 29.5 Å². The maximum Gasteiger partial charge on any atom is 0.313 e. The summed E-state index contributed by atoms with van der Waals surface area (Å²) in [5.41, 5.74) is 0.687. The Kier molecular flexibility index (Phi) is 8.42. The number of hydrogen-bond donors (Lipinski definition) is 0. The highest BCUT2D eigenvalue weighted by Gasteiger charge is 2.45. The molecule has 2 aliphatic carbocycles. The van der Waals surface area contributed by atoms with Crippen LogP contribution < -0.4 is 4.74 Å². The summed E-state index contributed by atoms with van der Waals surface area (Å²) in [6, 6.07) is 9.63. The average molecular weight is 559 g/mol. The number of allylic oxidation sites excluding steroid dienone is 2. The topological polar surface area (TPSA) is 113 Å². The number of hydrogen-bond acceptors (Lipinski definition) is 8. The second kappa shape index (κ2) is 11.6. The Bertz CT molecular complexity index is 1530. The Morgan fingerprint density at radius 3 is 1.73 bits per heavy atom. The lowest BCUT2D eigenvalue weighted by Gasteiger charge is -2.30. The van der Waals surface area contributed by atoms with Gasteiger partial charge in [-0.1, -0.05) is 71.9 Å². The minimum Gasteiger partial charge on any atom is -0.425 e. The summed E-state index contributed by atoms with van der Waals surface area (Å²) in [7, 11) is 0. The number of benzene rings is 2. The minimum atomic E-state index is -0.630. The van der Waals surface area contributed by atoms with E-state index in [2.05, 4.69) is 0 Å². The molecule has 0 fully saturated rings. The van der Waals surface area contributed by atoms with Crippen LogP contribution in [0.2, 0.25) is 0 Å². The third-order valence-electron chi connectivity index (χ3n) is 6.66. The van der Waals surface area contributed by atoms with E-state index in [1.54, 1.807) is 51.1 Å². The Morgan fingerprint density at radius 2 is 1.17 bits per heavy atom. The van der Waals surface area contributed by atoms with E-state index in [1.165, 1.54) is 6.07 Å². The molecular weight excluding hydrogens is 524 g/mol. The average Bonchev–Trinajstić information content (AvgIpc) is 2.88. The SMILES string of the molecule is Cc1ccc2c(c1OC(=O)C(C)C)C(OC(=O)CC(C)C)=C1C(=O)c3ccccc3C(OC(=O)CC(C)C)=C1C2=O. The van der Waals surface area contributed by atoms with Crippen molar-refractivity contribution in [3.05, 3.63) is 75.4 Å². The molecule has 8 nitrogen and oxygen atoms in total. The van der Waals surface area contributed by atoms with Gasteiger partial charge in [0, 0.05) is 29.5 Å². The van der Waals surface area contributed by atoms with Gasteiger partial charge in [0.2, 0.25) is 0 Å². The molecule has 4 rings (SSSR count). The van der Waals surface area contributed by atoms with Crippen molar-refractivity contribution >= 4 is 41.0 Å². The third-order valence-corrected chi connectivity index (χ3v) is 6.66. The van der Waals surface area contributed by atoms with Crippen LogP contribution in [0.25, 0.3) is 11.5 Å². The minimum absolute atomic E-state index is 0.0138. The molecule has 0 aliphatic heterocycles. The van der Waals surface area contributed by atoms with Crippen LogP contribution in [-0.2, 0) is 23.9 Å². The zero-order valence-corrected chi connectivity index (χ0v) is 24.4. The molecule has 0 heterocycles. The smallest absolute Gasteiger partial charge is 0.313 e. The molecule has 0 bridgehead atoms. The second-order valence-corrected chi connectivity index (χ2v) is 11.5. The molecule has 0 amide bonds. The van der Waals surface area contributed by atoms with E-state index in [0.29, 0.717) is 5.56 Å². The van der Waals surface area contributed by atoms with E-state index in [0.717, 1.165) is 0 Å². The Labute approximate surface area is 239 Å². The van der Waals surface area contributed by atoms with Crippen molar-refractivity contribution in [2.75, 3.05) is 0 Å². The van der Waals surface area contributed by atoms with Crippen LogP contribution in [0.15, 0.2) is 47.5 Å². The molecular formula is C33H34O8. The van der Waals surface area contributed by atoms with Gasteiger partial charge in [-0.05, 0) is 30.4 Å². The van der Waals surface area contributed by atoms with Crippen molar-refractivity contribution in [2.45, 2.75) is 61.3 Å². The molecule has 214 valence electrons. The molecule has 0 spiro atoms. The molecule has 0 unspecified atom stereocenters. The maximum absolute atomic E-state index is 14.2. The van der Waals surface area contributed by atoms with E-state index >= 15 is 0 Å². The Hall–Kier alpha value is -4.33. The molecule has 0 N–H and O–H groups in total. The van der Waals surface area contributed by atoms with Gasteiger partial charge in [-0.2, -0.15) is 0 Å². The van der Waals surface area contributed by atoms with Crippen LogP contribution in [0.1, 0.15) is 91.8 Å². The number of ketones is 2. The van der Waals surface area contributed by atoms with Gasteiger partial charge in [0.15, 0.2) is 23.1 Å². The number of rotatable bonds is 8. The molecule has 0 saturated carbocycles. The summed E-state index contributed by atoms with van der Waals surface area (Å²) in [5.74, 6) is -3.76. The Balaban J connectivity index is 2.08. The van der Waals surface area contributed by atoms with Gasteiger partial charge in [-0.25, -0.2) is 0 Å². The van der Waals surface area contributed by atoms with E-state index < -0.39 is 35.4 Å². The predicted octanol–water partition coefficient (Wildman–Crippen LogP) is 6.25. The molecule has 2 aromatic rings. The van der Waals surface area contributed by atoms with Crippen molar-refractivity contribution in [1.82, 2.24) is 0 Å². The highest BCUT2D eigenvalue weighted by Crippen LogP contribution is 2.48. The quantitative estimate of drug-likeness (QED) is 0.276. The van der Waals surface area contributed by atoms with E-state index in [1.807, 2.05) is 27.7 Å². The summed E-state index contributed by atoms with van der Waals surface area (Å²) in [5, 5.41) is 0. The summed E-state index contributed by atoms with van der Waals surface area (Å²) in [4.78, 5) is 67.0. The van der Waals surface area contributed by atoms with Crippen LogP contribution in [0.4, 0.5) is 0 Å². The summed E-state index contributed by atoms with van der Waals surface area (Å²) in [6.45, 7) is 12.4. The third kappa shape index (κ3) is 5.78. The van der Waals surface area contributed by atoms with Crippen molar-refractivity contribution in [2.24, 2.45) is 17.8 Å². The fourth-order valence-corrected chi connectivity index (χ4v) is 4.71. The zero-order valence-electron chi connectivity index (χ0n) is 24.4. The van der Waals surface area contributed by atoms with E-state index in [4.69, 9.17) is 14.2 Å². The normalized spacial score (nSPS) is 14.3. The fraction of sp³-hybridized carbons (Fsp3) is 0.364. The number of ether oxygens (including phenoxy) is 3. The second-order valence-electron chi connectivity index (χ2n) is 11.5. The van der Waals surface area contributed by atoms with Gasteiger partial charge in [-0.3, -0.25) is 24.0 Å². The highest BCUT2D eigenvalue weighted by molar-refractivity contribution is 6.34. The zero-order chi connectivity index (χ0) is 30.2. The van der Waals surface area contributed by atoms with Crippen LogP contribution in [0, 0.1) is 24.7 Å². The van der Waals surface area contributed by atoms with Gasteiger partial charge < -0.3 is 14.2 Å². The van der Waals surface area contributed by atoms with Crippen molar-refractivity contribution < 1.29 is 38.2 Å². The summed E-state index contributed by atoms with van der Waals surface area (Å²) in [6.07, 6.45) is 0.120. The number of fused-ring (bicyclic) bond motifs is 3. The number of esters is 3. The summed E-state index contributed by atoms with van der Waals surface area (Å²) >= 11 is 0. The number of aryl methyl sites for hydroxylation is 1. The fourth-order valence-electron chi connectivity index (χ4n) is 4.71. The van der Waals surface area contributed by atoms with E-state index in [9.17, 15) is 24.0 Å². The van der Waals surface area contributed by atoms with E-state index in [-0.39, 0.29) is 75.3 Å². The first kappa shape index (κ1) is 29.6. The first-order valence-corrected chi connectivity index (χ1v) is 13.8. The van der Waals surface area contributed by atoms with Crippen LogP contribution in [0.3, 0.4) is 0 Å². The lowest BCUT2D eigenvalue weighted by molar-refractivity contribution is -0.138. The van der Waals surface area contributed by atoms with Gasteiger partial charge in [0.1, 0.15) is 5.75 Å². The molecule has 0 radical (unpaired) electrons. The molecule has 2 aliphatic rings. The van der Waals surface area contributed by atoms with Crippen molar-refractivity contribution in [1.29, 1.82) is 0 Å². The standard InChI is InChI=1S/C33H34O8/c1-16(2)14-23(34)39-31-21-11-9-8-10-20(21)28(36)27-26(31)29(37)22-13-12-19(7)30(41-33(38)18(5)6)25(22)32(27)40-24(35)15-17(3)4/h8-13,16-18H,14-15H2,1-7H3. The summed E-state index contributed by atoms with van der Waals surface area (Å²) < 4.78 is 17.4. The number of carbonyl (C=O) groups is 5. The highest BCUT2D eigenvalue weighted by atomic mass is 16.6. The maximum atomic E-state index is 14.2. The van der Waals surface area contributed by atoms with Crippen molar-refractivity contribution in [3.8, 4) is 5.75 Å². The molecule has 8 heteroatoms. The van der Waals surface area contributed by atoms with Crippen molar-refractivity contribution in [3.63, 3.8) is 0 Å². The van der Waals surface area contributed by atoms with Crippen LogP contribution >= 0.6 is 0 Å². The predicted molar refractivity (Wildman–Crippen MR) is 152 cm³/mol. The monoisotopic (exact) mass is 558 g/mol. The molecule has 0 saturated heterocycles. The molecule has 0 atom stereocenters. The number of Topliss-reactive ketones (excluding diaryl/α,β-unsaturated/α-hetero) is 2. The van der Waals surface area contributed by atoms with Gasteiger partial charge in [-0.15, -0.1) is 0 Å². The number of carbonyl (C=O) groups excluding carboxylic acids is 5. The van der Waals surface area contributed by atoms with Gasteiger partial charge >= 0.3 is 17.9 Å². The Morgan fingerprint density at radius 1 is 0.659 bits per heavy atom. The van der Waals surface area contributed by atoms with Gasteiger partial charge in [0.05, 0.1) is 22.6 Å². The molecule has 41 heavy (non-hydrogen) atoms.